The average Bonchev–Trinajstić information content (AvgIpc) is 2.30. The number of nitrogens with two attached hydrogens (primary N) is 2. The first kappa shape index (κ1) is 12.5. The topological polar surface area (TPSA) is 103 Å². The second-order valence-electron chi connectivity index (χ2n) is 3.28. The summed E-state index contributed by atoms with van der Waals surface area (Å²) in [5.74, 6) is 0.0631. The number of nitrogens with zero attached hydrogens (tertiary/aromatic N) is 4. The highest BCUT2D eigenvalue weighted by Crippen LogP contribution is 2.30. The molecule has 0 radical (unpaired) electrons. The fourth-order valence-electron chi connectivity index (χ4n) is 1.17. The molecule has 0 amide bonds. The molecule has 2 rings (SSSR count). The van der Waals surface area contributed by atoms with Crippen molar-refractivity contribution in [1.29, 1.82) is 0 Å². The molecule has 8 heteroatoms. The molecule has 0 atom stereocenters. The Morgan fingerprint density at radius 3 is 2.22 bits per heavy atom. The molecule has 0 saturated carbocycles. The quantitative estimate of drug-likeness (QED) is 0.651. The van der Waals surface area contributed by atoms with Crippen LogP contribution in [0.2, 0.25) is 10.2 Å². The lowest BCUT2D eigenvalue weighted by Gasteiger charge is -2.01. The molecular weight excluding hydrogens is 275 g/mol. The van der Waals surface area contributed by atoms with Crippen molar-refractivity contribution in [3.05, 3.63) is 34.4 Å². The maximum atomic E-state index is 5.84. The minimum atomic E-state index is -0.0112. The summed E-state index contributed by atoms with van der Waals surface area (Å²) in [5.41, 5.74) is 11.8. The molecule has 0 spiro atoms. The summed E-state index contributed by atoms with van der Waals surface area (Å²) in [6.07, 6.45) is 0. The largest absolute Gasteiger partial charge is 0.382 e. The maximum absolute atomic E-state index is 5.84. The van der Waals surface area contributed by atoms with E-state index in [1.165, 1.54) is 0 Å². The van der Waals surface area contributed by atoms with E-state index < -0.39 is 0 Å². The van der Waals surface area contributed by atoms with Crippen LogP contribution in [0.1, 0.15) is 0 Å². The molecule has 0 unspecified atom stereocenters. The van der Waals surface area contributed by atoms with Gasteiger partial charge in [0.15, 0.2) is 16.7 Å². The van der Waals surface area contributed by atoms with E-state index in [0.29, 0.717) is 10.7 Å². The van der Waals surface area contributed by atoms with Crippen LogP contribution in [0.4, 0.5) is 23.1 Å². The normalized spacial score (nSPS) is 11.0. The van der Waals surface area contributed by atoms with Gasteiger partial charge in [-0.3, -0.25) is 0 Å². The van der Waals surface area contributed by atoms with Crippen molar-refractivity contribution in [1.82, 2.24) is 9.97 Å². The van der Waals surface area contributed by atoms with Gasteiger partial charge in [-0.15, -0.1) is 5.11 Å². The highest BCUT2D eigenvalue weighted by atomic mass is 35.5. The monoisotopic (exact) mass is 282 g/mol. The van der Waals surface area contributed by atoms with Gasteiger partial charge < -0.3 is 11.5 Å². The first-order valence-electron chi connectivity index (χ1n) is 4.82. The molecular formula is C10H8Cl2N6. The summed E-state index contributed by atoms with van der Waals surface area (Å²) in [7, 11) is 0. The molecule has 0 aliphatic carbocycles. The number of aromatic nitrogens is 2. The van der Waals surface area contributed by atoms with Crippen molar-refractivity contribution in [3.8, 4) is 0 Å². The number of azo groups is 1. The molecule has 0 fully saturated rings. The lowest BCUT2D eigenvalue weighted by Crippen LogP contribution is -1.99. The Labute approximate surface area is 113 Å². The zero-order valence-electron chi connectivity index (χ0n) is 9.01. The molecule has 2 aromatic rings. The fraction of sp³-hybridized carbons (Fsp3) is 0. The minimum Gasteiger partial charge on any atom is -0.382 e. The Bertz CT molecular complexity index is 573. The lowest BCUT2D eigenvalue weighted by molar-refractivity contribution is 1.14. The lowest BCUT2D eigenvalue weighted by atomic mass is 10.3. The van der Waals surface area contributed by atoms with Gasteiger partial charge in [0.05, 0.1) is 5.69 Å². The van der Waals surface area contributed by atoms with Crippen LogP contribution in [0.3, 0.4) is 0 Å². The van der Waals surface area contributed by atoms with Crippen LogP contribution in [0, 0.1) is 0 Å². The zero-order chi connectivity index (χ0) is 13.1. The highest BCUT2D eigenvalue weighted by Gasteiger charge is 2.08. The van der Waals surface area contributed by atoms with E-state index >= 15 is 0 Å². The average molecular weight is 283 g/mol. The number of nitrogen functional groups attached to an aromatic ring is 2. The first-order chi connectivity index (χ1) is 8.56. The fourth-order valence-corrected chi connectivity index (χ4v) is 1.52. The van der Waals surface area contributed by atoms with E-state index in [4.69, 9.17) is 34.7 Å². The van der Waals surface area contributed by atoms with Crippen LogP contribution in [0.15, 0.2) is 34.5 Å². The van der Waals surface area contributed by atoms with Crippen LogP contribution >= 0.6 is 23.2 Å². The van der Waals surface area contributed by atoms with Gasteiger partial charge in [-0.2, -0.15) is 15.1 Å². The maximum Gasteiger partial charge on any atom is 0.223 e. The molecule has 0 aliphatic rings. The van der Waals surface area contributed by atoms with Crippen LogP contribution in [0.5, 0.6) is 0 Å². The number of rotatable bonds is 2. The Morgan fingerprint density at radius 2 is 1.61 bits per heavy atom. The zero-order valence-corrected chi connectivity index (χ0v) is 10.5. The van der Waals surface area contributed by atoms with Crippen LogP contribution < -0.4 is 11.5 Å². The standard InChI is InChI=1S/C10H8Cl2N6/c11-5-1-3-6(4-2-5)17-18-7-8(12)15-10(14)16-9(7)13/h1-4H,(H4,13,14,15,16)/b18-17+. The molecule has 6 nitrogen and oxygen atoms in total. The molecule has 0 aliphatic heterocycles. The molecule has 0 bridgehead atoms. The molecule has 1 heterocycles. The van der Waals surface area contributed by atoms with Crippen molar-refractivity contribution in [2.75, 3.05) is 11.5 Å². The Kier molecular flexibility index (Phi) is 3.59. The Morgan fingerprint density at radius 1 is 0.944 bits per heavy atom. The minimum absolute atomic E-state index is 0.0112. The van der Waals surface area contributed by atoms with Gasteiger partial charge in [0.1, 0.15) is 0 Å². The second-order valence-corrected chi connectivity index (χ2v) is 4.08. The predicted octanol–water partition coefficient (Wildman–Crippen LogP) is 3.36. The molecule has 92 valence electrons. The smallest absolute Gasteiger partial charge is 0.223 e. The van der Waals surface area contributed by atoms with Gasteiger partial charge in [-0.1, -0.05) is 23.2 Å². The van der Waals surface area contributed by atoms with Crippen LogP contribution in [-0.2, 0) is 0 Å². The van der Waals surface area contributed by atoms with Gasteiger partial charge in [0, 0.05) is 5.02 Å². The summed E-state index contributed by atoms with van der Waals surface area (Å²) in [5, 5.41) is 8.51. The third-order valence-corrected chi connectivity index (χ3v) is 2.49. The number of hydrogen-bond donors (Lipinski definition) is 2. The van der Waals surface area contributed by atoms with Gasteiger partial charge in [-0.25, -0.2) is 0 Å². The summed E-state index contributed by atoms with van der Waals surface area (Å²) in [6.45, 7) is 0. The van der Waals surface area contributed by atoms with Crippen molar-refractivity contribution < 1.29 is 0 Å². The molecule has 1 aromatic carbocycles. The molecule has 18 heavy (non-hydrogen) atoms. The summed E-state index contributed by atoms with van der Waals surface area (Å²) in [4.78, 5) is 7.48. The van der Waals surface area contributed by atoms with E-state index in [1.807, 2.05) is 0 Å². The van der Waals surface area contributed by atoms with Crippen molar-refractivity contribution >= 4 is 46.3 Å². The summed E-state index contributed by atoms with van der Waals surface area (Å²) >= 11 is 11.6. The van der Waals surface area contributed by atoms with Gasteiger partial charge in [0.2, 0.25) is 5.95 Å². The third-order valence-electron chi connectivity index (χ3n) is 1.98. The molecule has 0 saturated heterocycles. The number of halogens is 2. The van der Waals surface area contributed by atoms with E-state index in [-0.39, 0.29) is 22.6 Å². The Balaban J connectivity index is 2.31. The van der Waals surface area contributed by atoms with Gasteiger partial charge >= 0.3 is 0 Å². The second kappa shape index (κ2) is 5.16. The van der Waals surface area contributed by atoms with E-state index in [0.717, 1.165) is 0 Å². The van der Waals surface area contributed by atoms with E-state index in [1.54, 1.807) is 24.3 Å². The number of benzene rings is 1. The SMILES string of the molecule is Nc1nc(N)c(/N=N/c2ccc(Cl)cc2)c(Cl)n1. The summed E-state index contributed by atoms with van der Waals surface area (Å²) in [6, 6.07) is 6.79. The van der Waals surface area contributed by atoms with Crippen LogP contribution in [0.25, 0.3) is 0 Å². The highest BCUT2D eigenvalue weighted by molar-refractivity contribution is 6.32. The predicted molar refractivity (Wildman–Crippen MR) is 71.5 cm³/mol. The van der Waals surface area contributed by atoms with E-state index in [9.17, 15) is 0 Å². The van der Waals surface area contributed by atoms with Gasteiger partial charge in [-0.05, 0) is 24.3 Å². The molecule has 1 aromatic heterocycles. The van der Waals surface area contributed by atoms with Gasteiger partial charge in [0.25, 0.3) is 0 Å². The van der Waals surface area contributed by atoms with Crippen molar-refractivity contribution in [3.63, 3.8) is 0 Å². The van der Waals surface area contributed by atoms with E-state index in [2.05, 4.69) is 20.2 Å². The Hall–Kier alpha value is -1.92. The molecule has 4 N–H and O–H groups in total. The van der Waals surface area contributed by atoms with Crippen LogP contribution in [-0.4, -0.2) is 9.97 Å². The first-order valence-corrected chi connectivity index (χ1v) is 5.57. The third kappa shape index (κ3) is 2.85. The number of hydrogen-bond acceptors (Lipinski definition) is 6. The number of anilines is 2. The van der Waals surface area contributed by atoms with Crippen molar-refractivity contribution in [2.24, 2.45) is 10.2 Å². The van der Waals surface area contributed by atoms with Crippen molar-refractivity contribution in [2.45, 2.75) is 0 Å². The summed E-state index contributed by atoms with van der Waals surface area (Å²) < 4.78 is 0.